The lowest BCUT2D eigenvalue weighted by molar-refractivity contribution is -0.678. The number of unbranched alkanes of at least 4 members (excludes halogenated alkanes) is 7. The van der Waals surface area contributed by atoms with Crippen LogP contribution in [0.15, 0.2) is 12.1 Å². The molecule has 2 aromatic rings. The van der Waals surface area contributed by atoms with E-state index in [1.54, 1.807) is 0 Å². The molecular formula is C22H33BrCl2N2O2. The number of aromatic nitrogens is 2. The number of rotatable bonds is 13. The molecule has 1 heterocycles. The van der Waals surface area contributed by atoms with Gasteiger partial charge in [0.1, 0.15) is 0 Å². The van der Waals surface area contributed by atoms with Crippen LogP contribution >= 0.6 is 23.2 Å². The Bertz CT molecular complexity index is 793. The minimum atomic E-state index is -0.721. The first-order chi connectivity index (χ1) is 13.5. The maximum atomic E-state index is 10.7. The summed E-state index contributed by atoms with van der Waals surface area (Å²) in [4.78, 5) is 10.7. The molecule has 7 heteroatoms. The number of carboxylic acids is 1. The Balaban J connectivity index is 0.00000420. The Labute approximate surface area is 195 Å². The van der Waals surface area contributed by atoms with Crippen LogP contribution in [0, 0.1) is 6.92 Å². The molecule has 0 bridgehead atoms. The van der Waals surface area contributed by atoms with Crippen molar-refractivity contribution in [2.45, 2.75) is 91.1 Å². The minimum Gasteiger partial charge on any atom is -1.00 e. The average Bonchev–Trinajstić information content (AvgIpc) is 2.89. The third-order valence-electron chi connectivity index (χ3n) is 5.39. The minimum absolute atomic E-state index is 0. The fourth-order valence-corrected chi connectivity index (χ4v) is 4.11. The SMILES string of the molecule is CCCCCCCCn1c(C)[n+](CCCCCC(=O)O)c2cc(Cl)c(Cl)cc21.[Br-]. The molecule has 0 saturated carbocycles. The summed E-state index contributed by atoms with van der Waals surface area (Å²) in [5.41, 5.74) is 2.24. The van der Waals surface area contributed by atoms with Gasteiger partial charge in [0, 0.05) is 25.5 Å². The van der Waals surface area contributed by atoms with Gasteiger partial charge in [0.05, 0.1) is 23.1 Å². The molecule has 0 spiro atoms. The van der Waals surface area contributed by atoms with E-state index in [4.69, 9.17) is 28.3 Å². The van der Waals surface area contributed by atoms with Gasteiger partial charge in [-0.25, -0.2) is 9.13 Å². The smallest absolute Gasteiger partial charge is 0.303 e. The second kappa shape index (κ2) is 13.5. The highest BCUT2D eigenvalue weighted by atomic mass is 79.9. The Morgan fingerprint density at radius 1 is 1.00 bits per heavy atom. The number of imidazole rings is 1. The van der Waals surface area contributed by atoms with E-state index in [1.165, 1.54) is 37.9 Å². The molecule has 0 atom stereocenters. The van der Waals surface area contributed by atoms with Gasteiger partial charge >= 0.3 is 5.97 Å². The molecule has 0 fully saturated rings. The molecule has 0 aliphatic carbocycles. The summed E-state index contributed by atoms with van der Waals surface area (Å²) in [6.45, 7) is 6.24. The van der Waals surface area contributed by atoms with Gasteiger partial charge in [0.2, 0.25) is 0 Å². The summed E-state index contributed by atoms with van der Waals surface area (Å²) < 4.78 is 4.66. The van der Waals surface area contributed by atoms with Crippen molar-refractivity contribution in [2.24, 2.45) is 0 Å². The number of nitrogens with zero attached hydrogens (tertiary/aromatic N) is 2. The Kier molecular flexibility index (Phi) is 12.2. The van der Waals surface area contributed by atoms with Crippen LogP contribution in [-0.2, 0) is 17.9 Å². The number of fused-ring (bicyclic) bond motifs is 1. The zero-order valence-corrected chi connectivity index (χ0v) is 20.6. The van der Waals surface area contributed by atoms with E-state index in [2.05, 4.69) is 23.0 Å². The fourth-order valence-electron chi connectivity index (χ4n) is 3.79. The van der Waals surface area contributed by atoms with Crippen LogP contribution in [0.1, 0.15) is 77.0 Å². The van der Waals surface area contributed by atoms with Crippen molar-refractivity contribution in [1.82, 2.24) is 4.57 Å². The molecular weight excluding hydrogens is 475 g/mol. The molecule has 4 nitrogen and oxygen atoms in total. The van der Waals surface area contributed by atoms with E-state index in [0.717, 1.165) is 49.8 Å². The normalized spacial score (nSPS) is 11.0. The van der Waals surface area contributed by atoms with E-state index in [1.807, 2.05) is 12.1 Å². The maximum absolute atomic E-state index is 10.7. The van der Waals surface area contributed by atoms with Gasteiger partial charge < -0.3 is 22.1 Å². The van der Waals surface area contributed by atoms with Gasteiger partial charge in [-0.15, -0.1) is 0 Å². The van der Waals surface area contributed by atoms with Crippen molar-refractivity contribution in [3.05, 3.63) is 28.0 Å². The molecule has 1 N–H and O–H groups in total. The summed E-state index contributed by atoms with van der Waals surface area (Å²) in [6.07, 6.45) is 10.4. The van der Waals surface area contributed by atoms with Gasteiger partial charge in [0.15, 0.2) is 11.0 Å². The van der Waals surface area contributed by atoms with E-state index >= 15 is 0 Å². The standard InChI is InChI=1S/C22H32Cl2N2O2.BrH/c1-3-4-5-6-7-10-13-25-17(2)26(14-11-8-9-12-22(27)28)21-16-19(24)18(23)15-20(21)25;/h15-16H,3-14H2,1-2H3;1H. The number of aliphatic carboxylic acids is 1. The van der Waals surface area contributed by atoms with E-state index < -0.39 is 5.97 Å². The second-order valence-corrected chi connectivity index (χ2v) is 8.39. The summed E-state index contributed by atoms with van der Waals surface area (Å²) >= 11 is 12.6. The predicted molar refractivity (Wildman–Crippen MR) is 116 cm³/mol. The fraction of sp³-hybridized carbons (Fsp3) is 0.636. The predicted octanol–water partition coefficient (Wildman–Crippen LogP) is 3.55. The molecule has 0 amide bonds. The third-order valence-corrected chi connectivity index (χ3v) is 6.11. The average molecular weight is 508 g/mol. The molecule has 0 saturated heterocycles. The van der Waals surface area contributed by atoms with Crippen molar-refractivity contribution >= 4 is 40.2 Å². The Morgan fingerprint density at radius 3 is 2.31 bits per heavy atom. The topological polar surface area (TPSA) is 46.1 Å². The Hall–Kier alpha value is -0.780. The molecule has 29 heavy (non-hydrogen) atoms. The van der Waals surface area contributed by atoms with Gasteiger partial charge in [0.25, 0.3) is 5.82 Å². The summed E-state index contributed by atoms with van der Waals surface area (Å²) in [5.74, 6) is 0.487. The lowest BCUT2D eigenvalue weighted by Gasteiger charge is -2.03. The number of carbonyl (C=O) groups is 1. The van der Waals surface area contributed by atoms with Crippen LogP contribution in [0.2, 0.25) is 10.0 Å². The number of carboxylic acid groups (broad SMARTS) is 1. The molecule has 2 rings (SSSR count). The third kappa shape index (κ3) is 7.76. The molecule has 0 aliphatic heterocycles. The quantitative estimate of drug-likeness (QED) is 0.333. The molecule has 0 unspecified atom stereocenters. The number of aryl methyl sites for hydroxylation is 2. The highest BCUT2D eigenvalue weighted by Gasteiger charge is 2.22. The zero-order chi connectivity index (χ0) is 20.5. The lowest BCUT2D eigenvalue weighted by atomic mass is 10.1. The molecule has 164 valence electrons. The molecule has 1 aromatic heterocycles. The second-order valence-electron chi connectivity index (χ2n) is 7.58. The van der Waals surface area contributed by atoms with E-state index in [-0.39, 0.29) is 23.4 Å². The molecule has 0 radical (unpaired) electrons. The molecule has 0 aliphatic rings. The van der Waals surface area contributed by atoms with Gasteiger partial charge in [-0.2, -0.15) is 0 Å². The maximum Gasteiger partial charge on any atom is 0.303 e. The first-order valence-electron chi connectivity index (χ1n) is 10.5. The van der Waals surface area contributed by atoms with Crippen LogP contribution in [0.5, 0.6) is 0 Å². The summed E-state index contributed by atoms with van der Waals surface area (Å²) in [6, 6.07) is 3.94. The zero-order valence-electron chi connectivity index (χ0n) is 17.5. The van der Waals surface area contributed by atoms with Crippen LogP contribution < -0.4 is 21.5 Å². The van der Waals surface area contributed by atoms with E-state index in [9.17, 15) is 4.79 Å². The van der Waals surface area contributed by atoms with E-state index in [0.29, 0.717) is 10.0 Å². The van der Waals surface area contributed by atoms with Crippen molar-refractivity contribution in [2.75, 3.05) is 0 Å². The van der Waals surface area contributed by atoms with Gasteiger partial charge in [-0.1, -0.05) is 55.8 Å². The largest absolute Gasteiger partial charge is 1.00 e. The highest BCUT2D eigenvalue weighted by Crippen LogP contribution is 2.28. The monoisotopic (exact) mass is 506 g/mol. The van der Waals surface area contributed by atoms with Crippen molar-refractivity contribution in [3.8, 4) is 0 Å². The number of benzene rings is 1. The highest BCUT2D eigenvalue weighted by molar-refractivity contribution is 6.42. The number of hydrogen-bond donors (Lipinski definition) is 1. The van der Waals surface area contributed by atoms with Crippen LogP contribution in [0.25, 0.3) is 11.0 Å². The lowest BCUT2D eigenvalue weighted by Crippen LogP contribution is -3.00. The Morgan fingerprint density at radius 2 is 1.62 bits per heavy atom. The van der Waals surface area contributed by atoms with Gasteiger partial charge in [-0.3, -0.25) is 4.79 Å². The van der Waals surface area contributed by atoms with Crippen molar-refractivity contribution in [3.63, 3.8) is 0 Å². The van der Waals surface area contributed by atoms with Gasteiger partial charge in [-0.05, 0) is 32.1 Å². The molecule has 1 aromatic carbocycles. The van der Waals surface area contributed by atoms with Crippen LogP contribution in [-0.4, -0.2) is 15.6 Å². The number of hydrogen-bond acceptors (Lipinski definition) is 1. The van der Waals surface area contributed by atoms with Crippen LogP contribution in [0.4, 0.5) is 0 Å². The summed E-state index contributed by atoms with van der Waals surface area (Å²) in [7, 11) is 0. The van der Waals surface area contributed by atoms with Crippen LogP contribution in [0.3, 0.4) is 0 Å². The van der Waals surface area contributed by atoms with Crippen molar-refractivity contribution < 1.29 is 31.4 Å². The first-order valence-corrected chi connectivity index (χ1v) is 11.3. The first kappa shape index (κ1) is 26.3. The van der Waals surface area contributed by atoms with Crippen molar-refractivity contribution in [1.29, 1.82) is 0 Å². The summed E-state index contributed by atoms with van der Waals surface area (Å²) in [5, 5.41) is 9.95. The number of halogens is 3.